The summed E-state index contributed by atoms with van der Waals surface area (Å²) in [5.74, 6) is 1.35. The molecule has 0 fully saturated rings. The van der Waals surface area contributed by atoms with Gasteiger partial charge in [0.2, 0.25) is 0 Å². The number of nitrogens with zero attached hydrogens (tertiary/aromatic N) is 3. The van der Waals surface area contributed by atoms with Crippen LogP contribution in [0.2, 0.25) is 0 Å². The number of nitrogens with two attached hydrogens (primary N) is 1. The molecule has 1 aromatic carbocycles. The van der Waals surface area contributed by atoms with Gasteiger partial charge in [-0.2, -0.15) is 0 Å². The van der Waals surface area contributed by atoms with E-state index in [-0.39, 0.29) is 30.0 Å². The molecule has 0 saturated heterocycles. The van der Waals surface area contributed by atoms with Crippen molar-refractivity contribution in [2.75, 3.05) is 25.6 Å². The zero-order chi connectivity index (χ0) is 16.2. The molecule has 3 rings (SSSR count). The van der Waals surface area contributed by atoms with Crippen LogP contribution >= 0.6 is 35.3 Å². The van der Waals surface area contributed by atoms with E-state index in [1.54, 1.807) is 11.3 Å². The number of ether oxygens (including phenoxy) is 1. The van der Waals surface area contributed by atoms with Crippen LogP contribution in [-0.4, -0.2) is 31.6 Å². The van der Waals surface area contributed by atoms with Crippen molar-refractivity contribution in [1.82, 2.24) is 10.3 Å². The lowest BCUT2D eigenvalue weighted by molar-refractivity contribution is 0.262. The van der Waals surface area contributed by atoms with E-state index >= 15 is 0 Å². The van der Waals surface area contributed by atoms with E-state index in [1.165, 1.54) is 0 Å². The molecule has 1 aliphatic rings. The minimum Gasteiger partial charge on any atom is -0.493 e. The zero-order valence-corrected chi connectivity index (χ0v) is 16.9. The molecule has 0 amide bonds. The molecule has 0 bridgehead atoms. The van der Waals surface area contributed by atoms with Gasteiger partial charge < -0.3 is 20.7 Å². The largest absolute Gasteiger partial charge is 0.493 e. The first kappa shape index (κ1) is 18.8. The van der Waals surface area contributed by atoms with Gasteiger partial charge in [0.05, 0.1) is 24.9 Å². The molecular formula is C16H22IN5OS. The number of anilines is 1. The lowest BCUT2D eigenvalue weighted by Gasteiger charge is -2.26. The molecule has 0 aliphatic carbocycles. The molecule has 24 heavy (non-hydrogen) atoms. The number of thiazole rings is 1. The lowest BCUT2D eigenvalue weighted by Crippen LogP contribution is -2.37. The number of aromatic nitrogens is 1. The van der Waals surface area contributed by atoms with Crippen LogP contribution < -0.4 is 20.7 Å². The monoisotopic (exact) mass is 459 g/mol. The highest BCUT2D eigenvalue weighted by Gasteiger charge is 2.21. The second-order valence-electron chi connectivity index (χ2n) is 5.59. The third-order valence-corrected chi connectivity index (χ3v) is 4.67. The maximum absolute atomic E-state index is 6.04. The molecule has 0 spiro atoms. The van der Waals surface area contributed by atoms with E-state index in [4.69, 9.17) is 10.5 Å². The van der Waals surface area contributed by atoms with Gasteiger partial charge in [-0.05, 0) is 6.07 Å². The fourth-order valence-electron chi connectivity index (χ4n) is 2.46. The Balaban J connectivity index is 0.00000208. The van der Waals surface area contributed by atoms with Crippen molar-refractivity contribution in [3.8, 4) is 5.75 Å². The quantitative estimate of drug-likeness (QED) is 0.418. The van der Waals surface area contributed by atoms with Crippen molar-refractivity contribution in [3.05, 3.63) is 40.9 Å². The highest BCUT2D eigenvalue weighted by atomic mass is 127. The molecule has 1 aliphatic heterocycles. The van der Waals surface area contributed by atoms with Crippen molar-refractivity contribution >= 4 is 46.4 Å². The molecule has 6 nitrogen and oxygen atoms in total. The molecule has 8 heteroatoms. The summed E-state index contributed by atoms with van der Waals surface area (Å²) >= 11 is 1.60. The molecule has 3 N–H and O–H groups in total. The standard InChI is InChI=1S/C16H21N5OS.HI/c1-21(2)16-19-11(10-23-16)9-18-15(17)20-13-7-8-22-14-6-4-3-5-12(13)14;/h3-6,10,13H,7-9H2,1-2H3,(H3,17,18,20);1H. The Morgan fingerprint density at radius 2 is 2.25 bits per heavy atom. The summed E-state index contributed by atoms with van der Waals surface area (Å²) in [5, 5.41) is 6.27. The Morgan fingerprint density at radius 1 is 1.46 bits per heavy atom. The third kappa shape index (κ3) is 4.50. The average molecular weight is 459 g/mol. The molecule has 0 saturated carbocycles. The van der Waals surface area contributed by atoms with Crippen molar-refractivity contribution in [2.24, 2.45) is 10.7 Å². The summed E-state index contributed by atoms with van der Waals surface area (Å²) in [5.41, 5.74) is 8.09. The molecular weight excluding hydrogens is 437 g/mol. The number of fused-ring (bicyclic) bond motifs is 1. The fraction of sp³-hybridized carbons (Fsp3) is 0.375. The van der Waals surface area contributed by atoms with Crippen molar-refractivity contribution in [1.29, 1.82) is 0 Å². The van der Waals surface area contributed by atoms with Gasteiger partial charge in [-0.25, -0.2) is 9.98 Å². The third-order valence-electron chi connectivity index (χ3n) is 3.61. The van der Waals surface area contributed by atoms with Gasteiger partial charge in [-0.15, -0.1) is 35.3 Å². The number of hydrogen-bond donors (Lipinski definition) is 2. The Kier molecular flexibility index (Phi) is 6.67. The molecule has 2 heterocycles. The van der Waals surface area contributed by atoms with Crippen LogP contribution in [0.15, 0.2) is 34.6 Å². The van der Waals surface area contributed by atoms with E-state index in [0.717, 1.165) is 28.6 Å². The van der Waals surface area contributed by atoms with Gasteiger partial charge in [0.1, 0.15) is 5.75 Å². The zero-order valence-electron chi connectivity index (χ0n) is 13.7. The van der Waals surface area contributed by atoms with Gasteiger partial charge in [0, 0.05) is 31.5 Å². The number of nitrogens with one attached hydrogen (secondary N) is 1. The number of hydrogen-bond acceptors (Lipinski definition) is 5. The fourth-order valence-corrected chi connectivity index (χ4v) is 3.21. The summed E-state index contributed by atoms with van der Waals surface area (Å²) in [6, 6.07) is 8.16. The van der Waals surface area contributed by atoms with Gasteiger partial charge in [-0.3, -0.25) is 0 Å². The van der Waals surface area contributed by atoms with Crippen molar-refractivity contribution in [2.45, 2.75) is 19.0 Å². The SMILES string of the molecule is CN(C)c1nc(CN=C(N)NC2CCOc3ccccc32)cs1.I. The summed E-state index contributed by atoms with van der Waals surface area (Å²) in [6.45, 7) is 1.16. The second kappa shape index (κ2) is 8.52. The van der Waals surface area contributed by atoms with Gasteiger partial charge in [0.15, 0.2) is 11.1 Å². The Labute approximate surface area is 163 Å². The molecule has 1 unspecified atom stereocenters. The van der Waals surface area contributed by atoms with Crippen LogP contribution in [-0.2, 0) is 6.54 Å². The van der Waals surface area contributed by atoms with Crippen LogP contribution in [0.25, 0.3) is 0 Å². The minimum atomic E-state index is 0. The number of halogens is 1. The van der Waals surface area contributed by atoms with Gasteiger partial charge >= 0.3 is 0 Å². The first-order chi connectivity index (χ1) is 11.1. The topological polar surface area (TPSA) is 75.8 Å². The second-order valence-corrected chi connectivity index (χ2v) is 6.43. The Bertz CT molecular complexity index is 703. The number of para-hydroxylation sites is 1. The number of benzene rings is 1. The van der Waals surface area contributed by atoms with E-state index in [0.29, 0.717) is 19.1 Å². The first-order valence-corrected chi connectivity index (χ1v) is 8.41. The number of rotatable bonds is 4. The highest BCUT2D eigenvalue weighted by molar-refractivity contribution is 14.0. The lowest BCUT2D eigenvalue weighted by atomic mass is 10.0. The van der Waals surface area contributed by atoms with Crippen molar-refractivity contribution < 1.29 is 4.74 Å². The highest BCUT2D eigenvalue weighted by Crippen LogP contribution is 2.31. The van der Waals surface area contributed by atoms with Crippen LogP contribution in [0, 0.1) is 0 Å². The normalized spacial score (nSPS) is 16.6. The molecule has 130 valence electrons. The van der Waals surface area contributed by atoms with Crippen LogP contribution in [0.1, 0.15) is 23.7 Å². The van der Waals surface area contributed by atoms with Gasteiger partial charge in [0.25, 0.3) is 0 Å². The number of aliphatic imine (C=N–C) groups is 1. The minimum absolute atomic E-state index is 0. The summed E-state index contributed by atoms with van der Waals surface area (Å²) in [6.07, 6.45) is 0.870. The van der Waals surface area contributed by atoms with Crippen molar-refractivity contribution in [3.63, 3.8) is 0 Å². The smallest absolute Gasteiger partial charge is 0.189 e. The van der Waals surface area contributed by atoms with E-state index < -0.39 is 0 Å². The van der Waals surface area contributed by atoms with Gasteiger partial charge in [-0.1, -0.05) is 18.2 Å². The Morgan fingerprint density at radius 3 is 3.00 bits per heavy atom. The summed E-state index contributed by atoms with van der Waals surface area (Å²) in [7, 11) is 3.95. The predicted molar refractivity (Wildman–Crippen MR) is 110 cm³/mol. The maximum Gasteiger partial charge on any atom is 0.189 e. The van der Waals surface area contributed by atoms with Crippen LogP contribution in [0.5, 0.6) is 5.75 Å². The summed E-state index contributed by atoms with van der Waals surface area (Å²) in [4.78, 5) is 10.9. The molecule has 2 aromatic rings. The van der Waals surface area contributed by atoms with E-state index in [9.17, 15) is 0 Å². The molecule has 1 atom stereocenters. The first-order valence-electron chi connectivity index (χ1n) is 7.53. The van der Waals surface area contributed by atoms with E-state index in [1.807, 2.05) is 42.6 Å². The molecule has 1 aromatic heterocycles. The van der Waals surface area contributed by atoms with E-state index in [2.05, 4.69) is 21.4 Å². The van der Waals surface area contributed by atoms with Crippen LogP contribution in [0.3, 0.4) is 0 Å². The summed E-state index contributed by atoms with van der Waals surface area (Å²) < 4.78 is 5.66. The maximum atomic E-state index is 6.04. The molecule has 0 radical (unpaired) electrons. The Hall–Kier alpha value is -1.55. The van der Waals surface area contributed by atoms with Crippen LogP contribution in [0.4, 0.5) is 5.13 Å². The number of guanidine groups is 1. The predicted octanol–water partition coefficient (Wildman–Crippen LogP) is 2.76. The average Bonchev–Trinajstić information content (AvgIpc) is 3.03.